The Kier molecular flexibility index (Phi) is 7.31. The molecule has 2 aliphatic heterocycles. The average molecular weight is 498 g/mol. The minimum Gasteiger partial charge on any atom is -0.493 e. The first-order valence-electron chi connectivity index (χ1n) is 11.8. The molecule has 0 radical (unpaired) electrons. The SMILES string of the molecule is COc1ccc([C@@H]2CN(C(=O)[C@@H](O)CO)C[C@@]2(C)[C@@H](C)O)cc1OC1CN(c2cnc(C#N)cn2)C1. The number of hydrogen-bond donors (Lipinski definition) is 3. The summed E-state index contributed by atoms with van der Waals surface area (Å²) in [7, 11) is 1.56. The Morgan fingerprint density at radius 3 is 2.58 bits per heavy atom. The summed E-state index contributed by atoms with van der Waals surface area (Å²) in [4.78, 5) is 24.4. The van der Waals surface area contributed by atoms with Crippen LogP contribution in [0.25, 0.3) is 0 Å². The van der Waals surface area contributed by atoms with Crippen molar-refractivity contribution >= 4 is 11.7 Å². The molecule has 2 aromatic rings. The molecular formula is C25H31N5O6. The molecule has 1 aromatic carbocycles. The largest absolute Gasteiger partial charge is 0.493 e. The summed E-state index contributed by atoms with van der Waals surface area (Å²) >= 11 is 0. The normalized spacial score (nSPS) is 23.5. The number of nitriles is 1. The molecule has 0 aliphatic carbocycles. The van der Waals surface area contributed by atoms with Gasteiger partial charge in [0.05, 0.1) is 45.3 Å². The molecule has 0 spiro atoms. The highest BCUT2D eigenvalue weighted by molar-refractivity contribution is 5.81. The van der Waals surface area contributed by atoms with Gasteiger partial charge in [0.25, 0.3) is 5.91 Å². The zero-order valence-corrected chi connectivity index (χ0v) is 20.5. The highest BCUT2D eigenvalue weighted by Crippen LogP contribution is 2.47. The van der Waals surface area contributed by atoms with Crippen molar-refractivity contribution in [1.82, 2.24) is 14.9 Å². The van der Waals surface area contributed by atoms with E-state index in [2.05, 4.69) is 9.97 Å². The van der Waals surface area contributed by atoms with Crippen LogP contribution >= 0.6 is 0 Å². The van der Waals surface area contributed by atoms with Crippen LogP contribution in [0.15, 0.2) is 30.6 Å². The first-order chi connectivity index (χ1) is 17.2. The molecule has 11 nitrogen and oxygen atoms in total. The molecule has 36 heavy (non-hydrogen) atoms. The molecule has 0 saturated carbocycles. The van der Waals surface area contributed by atoms with Crippen LogP contribution in [-0.2, 0) is 4.79 Å². The van der Waals surface area contributed by atoms with Crippen molar-refractivity contribution < 1.29 is 29.6 Å². The highest BCUT2D eigenvalue weighted by Gasteiger charge is 2.49. The number of aliphatic hydroxyl groups excluding tert-OH is 3. The van der Waals surface area contributed by atoms with Crippen molar-refractivity contribution in [2.75, 3.05) is 44.8 Å². The second-order valence-corrected chi connectivity index (χ2v) is 9.58. The molecule has 11 heteroatoms. The minimum absolute atomic E-state index is 0.115. The van der Waals surface area contributed by atoms with Crippen LogP contribution in [0.2, 0.25) is 0 Å². The molecule has 4 rings (SSSR count). The Morgan fingerprint density at radius 1 is 1.25 bits per heavy atom. The van der Waals surface area contributed by atoms with E-state index in [9.17, 15) is 20.1 Å². The number of aliphatic hydroxyl groups is 3. The third-order valence-corrected chi connectivity index (χ3v) is 7.26. The van der Waals surface area contributed by atoms with Gasteiger partial charge in [-0.25, -0.2) is 9.97 Å². The van der Waals surface area contributed by atoms with Crippen molar-refractivity contribution in [1.29, 1.82) is 5.26 Å². The lowest BCUT2D eigenvalue weighted by Crippen LogP contribution is -2.54. The maximum Gasteiger partial charge on any atom is 0.253 e. The maximum atomic E-state index is 12.6. The van der Waals surface area contributed by atoms with Gasteiger partial charge in [-0.15, -0.1) is 0 Å². The molecule has 2 aliphatic rings. The number of aromatic nitrogens is 2. The molecule has 192 valence electrons. The van der Waals surface area contributed by atoms with E-state index in [-0.39, 0.29) is 30.8 Å². The lowest BCUT2D eigenvalue weighted by atomic mass is 9.72. The number of ether oxygens (including phenoxy) is 2. The summed E-state index contributed by atoms with van der Waals surface area (Å²) in [5.41, 5.74) is 0.464. The van der Waals surface area contributed by atoms with E-state index in [1.807, 2.05) is 36.1 Å². The summed E-state index contributed by atoms with van der Waals surface area (Å²) in [5.74, 6) is 1.00. The summed E-state index contributed by atoms with van der Waals surface area (Å²) in [5, 5.41) is 38.6. The van der Waals surface area contributed by atoms with Gasteiger partial charge in [-0.05, 0) is 24.6 Å². The van der Waals surface area contributed by atoms with Crippen LogP contribution in [0.1, 0.15) is 31.0 Å². The Labute approximate surface area is 209 Å². The lowest BCUT2D eigenvalue weighted by Gasteiger charge is -2.40. The van der Waals surface area contributed by atoms with Crippen LogP contribution in [0, 0.1) is 16.7 Å². The third-order valence-electron chi connectivity index (χ3n) is 7.26. The van der Waals surface area contributed by atoms with Gasteiger partial charge in [0, 0.05) is 24.4 Å². The van der Waals surface area contributed by atoms with Crippen molar-refractivity contribution in [2.24, 2.45) is 5.41 Å². The Hall–Kier alpha value is -3.46. The van der Waals surface area contributed by atoms with Gasteiger partial charge in [0.1, 0.15) is 18.0 Å². The summed E-state index contributed by atoms with van der Waals surface area (Å²) in [6.07, 6.45) is 0.667. The zero-order valence-electron chi connectivity index (χ0n) is 20.5. The van der Waals surface area contributed by atoms with Crippen molar-refractivity contribution in [2.45, 2.75) is 38.1 Å². The van der Waals surface area contributed by atoms with Crippen LogP contribution < -0.4 is 14.4 Å². The van der Waals surface area contributed by atoms with Gasteiger partial charge in [-0.2, -0.15) is 5.26 Å². The van der Waals surface area contributed by atoms with E-state index in [4.69, 9.17) is 14.7 Å². The van der Waals surface area contributed by atoms with Crippen molar-refractivity contribution in [3.05, 3.63) is 41.9 Å². The maximum absolute atomic E-state index is 12.6. The number of hydrogen-bond acceptors (Lipinski definition) is 10. The highest BCUT2D eigenvalue weighted by atomic mass is 16.5. The van der Waals surface area contributed by atoms with Gasteiger partial charge in [0.2, 0.25) is 0 Å². The second kappa shape index (κ2) is 10.3. The summed E-state index contributed by atoms with van der Waals surface area (Å²) < 4.78 is 11.8. The molecule has 0 bridgehead atoms. The molecule has 1 aromatic heterocycles. The van der Waals surface area contributed by atoms with E-state index in [1.165, 1.54) is 11.1 Å². The summed E-state index contributed by atoms with van der Waals surface area (Å²) in [6.45, 7) is 4.66. The lowest BCUT2D eigenvalue weighted by molar-refractivity contribution is -0.141. The Morgan fingerprint density at radius 2 is 2.00 bits per heavy atom. The second-order valence-electron chi connectivity index (χ2n) is 9.58. The minimum atomic E-state index is -1.49. The summed E-state index contributed by atoms with van der Waals surface area (Å²) in [6, 6.07) is 7.53. The van der Waals surface area contributed by atoms with Crippen molar-refractivity contribution in [3.63, 3.8) is 0 Å². The van der Waals surface area contributed by atoms with Crippen LogP contribution in [-0.4, -0.2) is 94.3 Å². The van der Waals surface area contributed by atoms with Gasteiger partial charge in [-0.1, -0.05) is 13.0 Å². The van der Waals surface area contributed by atoms with E-state index in [0.29, 0.717) is 30.4 Å². The number of amides is 1. The Balaban J connectivity index is 1.51. The monoisotopic (exact) mass is 497 g/mol. The Bertz CT molecular complexity index is 1130. The smallest absolute Gasteiger partial charge is 0.253 e. The average Bonchev–Trinajstić information content (AvgIpc) is 3.23. The number of likely N-dealkylation sites (tertiary alicyclic amines) is 1. The third kappa shape index (κ3) is 4.80. The fourth-order valence-corrected chi connectivity index (χ4v) is 4.80. The number of carbonyl (C=O) groups is 1. The number of anilines is 1. The molecule has 2 saturated heterocycles. The fraction of sp³-hybridized carbons (Fsp3) is 0.520. The standard InChI is InChI=1S/C25H31N5O6/c1-15(32)25(2)14-30(24(34)20(33)13-31)12-19(25)16-4-5-21(35-3)22(6-16)36-18-10-29(11-18)23-9-27-17(7-26)8-28-23/h4-6,8-9,15,18-20,31-33H,10-14H2,1-3H3/t15-,19+,20+,25+/m1/s1. The van der Waals surface area contributed by atoms with E-state index < -0.39 is 30.1 Å². The predicted octanol–water partition coefficient (Wildman–Crippen LogP) is 0.291. The molecular weight excluding hydrogens is 466 g/mol. The first kappa shape index (κ1) is 25.6. The van der Waals surface area contributed by atoms with Crippen LogP contribution in [0.3, 0.4) is 0 Å². The topological polar surface area (TPSA) is 152 Å². The number of rotatable bonds is 8. The predicted molar refractivity (Wildman–Crippen MR) is 129 cm³/mol. The number of methoxy groups -OCH3 is 1. The number of nitrogens with zero attached hydrogens (tertiary/aromatic N) is 5. The fourth-order valence-electron chi connectivity index (χ4n) is 4.80. The van der Waals surface area contributed by atoms with Gasteiger partial charge in [0.15, 0.2) is 23.3 Å². The van der Waals surface area contributed by atoms with Gasteiger partial charge in [-0.3, -0.25) is 4.79 Å². The number of carbonyl (C=O) groups excluding carboxylic acids is 1. The molecule has 0 unspecified atom stereocenters. The van der Waals surface area contributed by atoms with E-state index in [1.54, 1.807) is 20.2 Å². The molecule has 3 heterocycles. The van der Waals surface area contributed by atoms with Crippen LogP contribution in [0.4, 0.5) is 5.82 Å². The van der Waals surface area contributed by atoms with Crippen molar-refractivity contribution in [3.8, 4) is 17.6 Å². The quantitative estimate of drug-likeness (QED) is 0.464. The van der Waals surface area contributed by atoms with Gasteiger partial charge < -0.3 is 34.6 Å². The first-order valence-corrected chi connectivity index (χ1v) is 11.8. The molecule has 1 amide bonds. The van der Waals surface area contributed by atoms with Crippen LogP contribution in [0.5, 0.6) is 11.5 Å². The van der Waals surface area contributed by atoms with E-state index in [0.717, 1.165) is 5.56 Å². The molecule has 2 fully saturated rings. The molecule has 3 N–H and O–H groups in total. The molecule has 4 atom stereocenters. The van der Waals surface area contributed by atoms with Gasteiger partial charge >= 0.3 is 0 Å². The number of benzene rings is 1. The van der Waals surface area contributed by atoms with E-state index >= 15 is 0 Å². The zero-order chi connectivity index (χ0) is 26.0.